The van der Waals surface area contributed by atoms with Gasteiger partial charge in [-0.3, -0.25) is 19.3 Å². The van der Waals surface area contributed by atoms with Crippen molar-refractivity contribution >= 4 is 17.5 Å². The highest BCUT2D eigenvalue weighted by atomic mass is 16.7. The zero-order chi connectivity index (χ0) is 26.6. The molecule has 0 radical (unpaired) electrons. The molecule has 0 unspecified atom stereocenters. The van der Waals surface area contributed by atoms with Crippen LogP contribution in [-0.4, -0.2) is 42.9 Å². The van der Waals surface area contributed by atoms with Gasteiger partial charge in [-0.25, -0.2) is 5.06 Å². The van der Waals surface area contributed by atoms with E-state index < -0.39 is 0 Å². The first-order valence-corrected chi connectivity index (χ1v) is 14.6. The fourth-order valence-corrected chi connectivity index (χ4v) is 6.28. The minimum absolute atomic E-state index is 0.0223. The lowest BCUT2D eigenvalue weighted by atomic mass is 9.69. The number of hydrogen-bond donors (Lipinski definition) is 0. The molecule has 6 nitrogen and oxygen atoms in total. The Morgan fingerprint density at radius 1 is 1.00 bits per heavy atom. The average molecular weight is 513 g/mol. The monoisotopic (exact) mass is 512 g/mol. The van der Waals surface area contributed by atoms with E-state index in [0.29, 0.717) is 19.9 Å². The summed E-state index contributed by atoms with van der Waals surface area (Å²) in [5, 5.41) is 1.64. The van der Waals surface area contributed by atoms with Gasteiger partial charge in [0.25, 0.3) is 5.91 Å². The van der Waals surface area contributed by atoms with E-state index in [0.717, 1.165) is 42.7 Å². The second-order valence-electron chi connectivity index (χ2n) is 10.5. The van der Waals surface area contributed by atoms with Gasteiger partial charge in [-0.15, -0.1) is 0 Å². The minimum atomic E-state index is -0.0223. The van der Waals surface area contributed by atoms with Crippen molar-refractivity contribution in [1.29, 1.82) is 0 Å². The molecule has 2 saturated carbocycles. The normalized spacial score (nSPS) is 26.2. The van der Waals surface area contributed by atoms with Crippen LogP contribution in [0.25, 0.3) is 0 Å². The van der Waals surface area contributed by atoms with Crippen molar-refractivity contribution in [3.8, 4) is 0 Å². The molecule has 2 aliphatic carbocycles. The van der Waals surface area contributed by atoms with E-state index in [1.54, 1.807) is 29.0 Å². The summed E-state index contributed by atoms with van der Waals surface area (Å²) in [6.45, 7) is 8.90. The maximum absolute atomic E-state index is 12.2. The van der Waals surface area contributed by atoms with Crippen molar-refractivity contribution in [1.82, 2.24) is 5.06 Å². The Balaban J connectivity index is 0.00000186. The predicted octanol–water partition coefficient (Wildman–Crippen LogP) is 6.69. The number of hydrogen-bond acceptors (Lipinski definition) is 4. The van der Waals surface area contributed by atoms with Crippen molar-refractivity contribution in [2.24, 2.45) is 17.8 Å². The Hall–Kier alpha value is -2.18. The molecule has 0 saturated heterocycles. The number of anilines is 1. The van der Waals surface area contributed by atoms with Crippen LogP contribution in [0.5, 0.6) is 0 Å². The number of carbonyl (C=O) groups excluding carboxylic acids is 2. The van der Waals surface area contributed by atoms with Crippen LogP contribution in [0.1, 0.15) is 91.0 Å². The van der Waals surface area contributed by atoms with E-state index in [1.807, 2.05) is 32.9 Å². The third kappa shape index (κ3) is 8.41. The van der Waals surface area contributed by atoms with Gasteiger partial charge in [0.2, 0.25) is 5.91 Å². The molecule has 6 heteroatoms. The van der Waals surface area contributed by atoms with Crippen LogP contribution < -0.4 is 4.90 Å². The Morgan fingerprint density at radius 2 is 1.62 bits per heavy atom. The van der Waals surface area contributed by atoms with E-state index in [-0.39, 0.29) is 17.9 Å². The van der Waals surface area contributed by atoms with E-state index in [9.17, 15) is 9.59 Å². The molecular weight excluding hydrogens is 464 g/mol. The largest absolute Gasteiger partial charge is 0.357 e. The van der Waals surface area contributed by atoms with Crippen molar-refractivity contribution in [3.63, 3.8) is 0 Å². The highest BCUT2D eigenvalue weighted by molar-refractivity contribution is 6.01. The number of amides is 2. The standard InChI is InChI=1S/C29H42N2O4.C2H6/c1-3-35-31(22(2)32)28-18-14-26(15-19-28)25-12-8-23(9-13-25)6-7-24-10-16-27(17-11-24)30-21-34-20-4-5-29(30)33;1-2/h4-5,10-11,16-17,23,25-26,28H,3,6-9,12-15,18-21H2,1-2H3;1-2H3. The van der Waals surface area contributed by atoms with Gasteiger partial charge in [0.15, 0.2) is 0 Å². The van der Waals surface area contributed by atoms with Crippen molar-refractivity contribution < 1.29 is 19.2 Å². The molecule has 0 aromatic heterocycles. The fourth-order valence-electron chi connectivity index (χ4n) is 6.28. The van der Waals surface area contributed by atoms with Gasteiger partial charge in [0, 0.05) is 18.7 Å². The maximum atomic E-state index is 12.2. The lowest BCUT2D eigenvalue weighted by molar-refractivity contribution is -0.200. The number of benzene rings is 1. The molecular formula is C31H48N2O4. The summed E-state index contributed by atoms with van der Waals surface area (Å²) in [4.78, 5) is 31.4. The molecule has 2 fully saturated rings. The van der Waals surface area contributed by atoms with E-state index in [4.69, 9.17) is 9.57 Å². The molecule has 3 aliphatic rings. The number of rotatable bonds is 8. The third-order valence-corrected chi connectivity index (χ3v) is 8.26. The number of hydroxylamine groups is 2. The third-order valence-electron chi connectivity index (χ3n) is 8.26. The zero-order valence-electron chi connectivity index (χ0n) is 23.5. The average Bonchev–Trinajstić information content (AvgIpc) is 3.16. The maximum Gasteiger partial charge on any atom is 0.252 e. The summed E-state index contributed by atoms with van der Waals surface area (Å²) in [7, 11) is 0. The van der Waals surface area contributed by atoms with E-state index in [2.05, 4.69) is 12.1 Å². The summed E-state index contributed by atoms with van der Waals surface area (Å²) in [5.41, 5.74) is 2.24. The molecule has 4 rings (SSSR count). The number of nitrogens with zero attached hydrogens (tertiary/aromatic N) is 2. The first kappa shape index (κ1) is 29.4. The van der Waals surface area contributed by atoms with E-state index in [1.165, 1.54) is 50.5 Å². The van der Waals surface area contributed by atoms with Gasteiger partial charge >= 0.3 is 0 Å². The van der Waals surface area contributed by atoms with Crippen molar-refractivity contribution in [2.75, 3.05) is 24.8 Å². The highest BCUT2D eigenvalue weighted by Crippen LogP contribution is 2.41. The summed E-state index contributed by atoms with van der Waals surface area (Å²) in [6.07, 6.45) is 15.7. The molecule has 37 heavy (non-hydrogen) atoms. The first-order valence-electron chi connectivity index (χ1n) is 14.6. The first-order chi connectivity index (χ1) is 18.0. The molecule has 0 bridgehead atoms. The van der Waals surface area contributed by atoms with Crippen molar-refractivity contribution in [2.45, 2.75) is 97.9 Å². The predicted molar refractivity (Wildman–Crippen MR) is 149 cm³/mol. The molecule has 1 heterocycles. The summed E-state index contributed by atoms with van der Waals surface area (Å²) >= 11 is 0. The topological polar surface area (TPSA) is 59.1 Å². The Labute approximate surface area is 224 Å². The SMILES string of the molecule is CC.CCON(C(C)=O)C1CCC(C2CCC(CCc3ccc(N4COCC=CC4=O)cc3)CC2)CC1. The molecule has 2 amide bonds. The van der Waals surface area contributed by atoms with Gasteiger partial charge in [-0.1, -0.05) is 44.9 Å². The Kier molecular flexibility index (Phi) is 12.1. The van der Waals surface area contributed by atoms with Gasteiger partial charge in [-0.05, 0) is 93.7 Å². The number of carbonyl (C=O) groups is 2. The second kappa shape index (κ2) is 15.3. The minimum Gasteiger partial charge on any atom is -0.357 e. The van der Waals surface area contributed by atoms with Gasteiger partial charge in [0.05, 0.1) is 19.3 Å². The molecule has 0 spiro atoms. The quantitative estimate of drug-likeness (QED) is 0.364. The molecule has 1 aliphatic heterocycles. The van der Waals surface area contributed by atoms with Gasteiger partial charge in [0.1, 0.15) is 6.73 Å². The summed E-state index contributed by atoms with van der Waals surface area (Å²) in [5.74, 6) is 2.50. The molecule has 0 atom stereocenters. The Bertz CT molecular complexity index is 852. The second-order valence-corrected chi connectivity index (χ2v) is 10.5. The molecule has 1 aromatic rings. The van der Waals surface area contributed by atoms with Gasteiger partial charge in [-0.2, -0.15) is 0 Å². The van der Waals surface area contributed by atoms with Crippen LogP contribution in [0.3, 0.4) is 0 Å². The van der Waals surface area contributed by atoms with Crippen LogP contribution >= 0.6 is 0 Å². The molecule has 206 valence electrons. The van der Waals surface area contributed by atoms with Crippen LogP contribution in [0, 0.1) is 17.8 Å². The smallest absolute Gasteiger partial charge is 0.252 e. The zero-order valence-corrected chi connectivity index (χ0v) is 23.5. The van der Waals surface area contributed by atoms with Crippen molar-refractivity contribution in [3.05, 3.63) is 42.0 Å². The molecule has 1 aromatic carbocycles. The van der Waals surface area contributed by atoms with Crippen LogP contribution in [0.2, 0.25) is 0 Å². The van der Waals surface area contributed by atoms with E-state index >= 15 is 0 Å². The highest BCUT2D eigenvalue weighted by Gasteiger charge is 2.33. The van der Waals surface area contributed by atoms with Gasteiger partial charge < -0.3 is 4.74 Å². The summed E-state index contributed by atoms with van der Waals surface area (Å²) in [6, 6.07) is 8.67. The number of aryl methyl sites for hydroxylation is 1. The lowest BCUT2D eigenvalue weighted by Gasteiger charge is -2.40. The number of ether oxygens (including phenoxy) is 1. The van der Waals surface area contributed by atoms with Crippen LogP contribution in [-0.2, 0) is 25.6 Å². The molecule has 0 N–H and O–H groups in total. The van der Waals surface area contributed by atoms with Crippen LogP contribution in [0.15, 0.2) is 36.4 Å². The van der Waals surface area contributed by atoms with Crippen LogP contribution in [0.4, 0.5) is 5.69 Å². The Morgan fingerprint density at radius 3 is 2.22 bits per heavy atom. The lowest BCUT2D eigenvalue weighted by Crippen LogP contribution is -2.42. The fraction of sp³-hybridized carbons (Fsp3) is 0.677. The summed E-state index contributed by atoms with van der Waals surface area (Å²) < 4.78 is 5.47.